The molecule has 0 aliphatic carbocycles. The number of unbranched alkanes of at least 4 members (excludes halogenated alkanes) is 9. The van der Waals surface area contributed by atoms with E-state index in [2.05, 4.69) is 39.2 Å². The van der Waals surface area contributed by atoms with E-state index >= 15 is 0 Å². The van der Waals surface area contributed by atoms with Crippen LogP contribution in [0.5, 0.6) is 0 Å². The summed E-state index contributed by atoms with van der Waals surface area (Å²) in [7, 11) is 0. The number of ether oxygens (including phenoxy) is 1. The lowest BCUT2D eigenvalue weighted by molar-refractivity contribution is 0.0367. The summed E-state index contributed by atoms with van der Waals surface area (Å²) in [5.41, 5.74) is 1.26. The van der Waals surface area contributed by atoms with Gasteiger partial charge < -0.3 is 15.0 Å². The van der Waals surface area contributed by atoms with Gasteiger partial charge in [-0.3, -0.25) is 9.88 Å². The van der Waals surface area contributed by atoms with Crippen LogP contribution >= 0.6 is 12.2 Å². The molecule has 0 radical (unpaired) electrons. The fourth-order valence-electron chi connectivity index (χ4n) is 4.19. The predicted molar refractivity (Wildman–Crippen MR) is 139 cm³/mol. The smallest absolute Gasteiger partial charge is 0.169 e. The summed E-state index contributed by atoms with van der Waals surface area (Å²) < 4.78 is 5.46. The minimum Gasteiger partial charge on any atom is -0.379 e. The molecule has 1 aromatic rings. The molecular formula is C26H46N4OS. The highest BCUT2D eigenvalue weighted by atomic mass is 32.1. The van der Waals surface area contributed by atoms with Gasteiger partial charge in [-0.25, -0.2) is 0 Å². The molecule has 6 heteroatoms. The Morgan fingerprint density at radius 2 is 1.59 bits per heavy atom. The quantitative estimate of drug-likeness (QED) is 0.247. The molecule has 1 fully saturated rings. The van der Waals surface area contributed by atoms with Gasteiger partial charge in [0.2, 0.25) is 0 Å². The zero-order valence-electron chi connectivity index (χ0n) is 20.4. The summed E-state index contributed by atoms with van der Waals surface area (Å²) in [6, 6.07) is 4.17. The fraction of sp³-hybridized carbons (Fsp3) is 0.769. The molecule has 1 aliphatic heterocycles. The van der Waals surface area contributed by atoms with Gasteiger partial charge in [0.1, 0.15) is 0 Å². The highest BCUT2D eigenvalue weighted by Crippen LogP contribution is 2.11. The van der Waals surface area contributed by atoms with Crippen LogP contribution in [0.3, 0.4) is 0 Å². The summed E-state index contributed by atoms with van der Waals surface area (Å²) >= 11 is 5.78. The van der Waals surface area contributed by atoms with Gasteiger partial charge in [-0.2, -0.15) is 0 Å². The Morgan fingerprint density at radius 3 is 2.25 bits per heavy atom. The number of rotatable bonds is 17. The van der Waals surface area contributed by atoms with Crippen LogP contribution in [0.15, 0.2) is 24.5 Å². The third-order valence-electron chi connectivity index (χ3n) is 6.22. The van der Waals surface area contributed by atoms with Crippen molar-refractivity contribution in [3.63, 3.8) is 0 Å². The van der Waals surface area contributed by atoms with Crippen molar-refractivity contribution in [2.24, 2.45) is 0 Å². The summed E-state index contributed by atoms with van der Waals surface area (Å²) in [4.78, 5) is 8.96. The van der Waals surface area contributed by atoms with Crippen molar-refractivity contribution < 1.29 is 4.74 Å². The van der Waals surface area contributed by atoms with E-state index in [0.29, 0.717) is 0 Å². The molecule has 2 rings (SSSR count). The Morgan fingerprint density at radius 1 is 0.969 bits per heavy atom. The Hall–Kier alpha value is -1.24. The summed E-state index contributed by atoms with van der Waals surface area (Å²) in [6.45, 7) is 10.0. The molecule has 0 amide bonds. The van der Waals surface area contributed by atoms with Crippen LogP contribution in [-0.4, -0.2) is 65.8 Å². The van der Waals surface area contributed by atoms with Crippen molar-refractivity contribution in [3.05, 3.63) is 30.1 Å². The maximum atomic E-state index is 5.78. The maximum absolute atomic E-state index is 5.78. The van der Waals surface area contributed by atoms with Gasteiger partial charge in [0, 0.05) is 51.7 Å². The van der Waals surface area contributed by atoms with Crippen LogP contribution in [0.2, 0.25) is 0 Å². The minimum absolute atomic E-state index is 0.843. The third kappa shape index (κ3) is 12.7. The molecule has 2 heterocycles. The molecule has 182 valence electrons. The molecule has 0 saturated carbocycles. The molecule has 0 unspecified atom stereocenters. The Balaban J connectivity index is 1.61. The fourth-order valence-corrected chi connectivity index (χ4v) is 4.45. The number of nitrogens with zero attached hydrogens (tertiary/aromatic N) is 3. The number of pyridine rings is 1. The Kier molecular flexibility index (Phi) is 15.4. The molecule has 1 aromatic heterocycles. The normalized spacial score (nSPS) is 14.4. The predicted octanol–water partition coefficient (Wildman–Crippen LogP) is 5.40. The number of hydrogen-bond donors (Lipinski definition) is 1. The average Bonchev–Trinajstić information content (AvgIpc) is 2.83. The van der Waals surface area contributed by atoms with Crippen LogP contribution < -0.4 is 5.32 Å². The van der Waals surface area contributed by atoms with Gasteiger partial charge in [-0.1, -0.05) is 64.7 Å². The van der Waals surface area contributed by atoms with Crippen LogP contribution in [0.1, 0.15) is 83.1 Å². The van der Waals surface area contributed by atoms with E-state index in [1.54, 1.807) is 0 Å². The molecule has 5 nitrogen and oxygen atoms in total. The highest BCUT2D eigenvalue weighted by Gasteiger charge is 2.13. The van der Waals surface area contributed by atoms with E-state index < -0.39 is 0 Å². The van der Waals surface area contributed by atoms with Crippen LogP contribution in [0, 0.1) is 0 Å². The van der Waals surface area contributed by atoms with Crippen LogP contribution in [0.4, 0.5) is 0 Å². The molecular weight excluding hydrogens is 416 g/mol. The lowest BCUT2D eigenvalue weighted by atomic mass is 10.1. The van der Waals surface area contributed by atoms with E-state index in [1.165, 1.54) is 69.8 Å². The van der Waals surface area contributed by atoms with E-state index in [0.717, 1.165) is 64.0 Å². The molecule has 0 spiro atoms. The zero-order chi connectivity index (χ0) is 22.7. The SMILES string of the molecule is CCCCCCCCCCCCNC(=S)N(CCCN1CCOCC1)Cc1ccncc1. The number of thiocarbonyl (C=S) groups is 1. The summed E-state index contributed by atoms with van der Waals surface area (Å²) in [5.74, 6) is 0. The second-order valence-corrected chi connectivity index (χ2v) is 9.39. The Bertz CT molecular complexity index is 580. The van der Waals surface area contributed by atoms with Crippen molar-refractivity contribution in [2.45, 2.75) is 84.1 Å². The highest BCUT2D eigenvalue weighted by molar-refractivity contribution is 7.80. The van der Waals surface area contributed by atoms with Gasteiger partial charge in [0.05, 0.1) is 13.2 Å². The average molecular weight is 463 g/mol. The van der Waals surface area contributed by atoms with Crippen molar-refractivity contribution in [1.29, 1.82) is 0 Å². The van der Waals surface area contributed by atoms with Crippen molar-refractivity contribution in [1.82, 2.24) is 20.1 Å². The first-order chi connectivity index (χ1) is 15.8. The maximum Gasteiger partial charge on any atom is 0.169 e. The van der Waals surface area contributed by atoms with Gasteiger partial charge in [0.25, 0.3) is 0 Å². The second kappa shape index (κ2) is 18.2. The van der Waals surface area contributed by atoms with Crippen molar-refractivity contribution in [2.75, 3.05) is 45.9 Å². The Labute approximate surface area is 202 Å². The van der Waals surface area contributed by atoms with Gasteiger partial charge >= 0.3 is 0 Å². The molecule has 32 heavy (non-hydrogen) atoms. The molecule has 1 N–H and O–H groups in total. The van der Waals surface area contributed by atoms with E-state index in [-0.39, 0.29) is 0 Å². The van der Waals surface area contributed by atoms with Crippen LogP contribution in [-0.2, 0) is 11.3 Å². The third-order valence-corrected chi connectivity index (χ3v) is 6.63. The van der Waals surface area contributed by atoms with E-state index in [1.807, 2.05) is 12.4 Å². The first-order valence-electron chi connectivity index (χ1n) is 13.0. The van der Waals surface area contributed by atoms with Crippen LogP contribution in [0.25, 0.3) is 0 Å². The summed E-state index contributed by atoms with van der Waals surface area (Å²) in [6.07, 6.45) is 18.5. The standard InChI is InChI=1S/C26H46N4OS/c1-2-3-4-5-6-7-8-9-10-11-15-28-26(32)30(24-25-13-16-27-17-14-25)19-12-18-29-20-22-31-23-21-29/h13-14,16-17H,2-12,15,18-24H2,1H3,(H,28,32). The van der Waals surface area contributed by atoms with E-state index in [4.69, 9.17) is 17.0 Å². The number of hydrogen-bond acceptors (Lipinski definition) is 4. The molecule has 0 aromatic carbocycles. The van der Waals surface area contributed by atoms with Gasteiger partial charge in [-0.15, -0.1) is 0 Å². The second-order valence-electron chi connectivity index (χ2n) is 9.00. The number of nitrogens with one attached hydrogen (secondary N) is 1. The molecule has 0 bridgehead atoms. The molecule has 1 saturated heterocycles. The number of aromatic nitrogens is 1. The molecule has 0 atom stereocenters. The first kappa shape index (κ1) is 27.0. The minimum atomic E-state index is 0.843. The van der Waals surface area contributed by atoms with Gasteiger partial charge in [-0.05, 0) is 42.8 Å². The summed E-state index contributed by atoms with van der Waals surface area (Å²) in [5, 5.41) is 4.41. The zero-order valence-corrected chi connectivity index (χ0v) is 21.2. The van der Waals surface area contributed by atoms with E-state index in [9.17, 15) is 0 Å². The lowest BCUT2D eigenvalue weighted by Crippen LogP contribution is -2.42. The monoisotopic (exact) mass is 462 g/mol. The van der Waals surface area contributed by atoms with Gasteiger partial charge in [0.15, 0.2) is 5.11 Å². The largest absolute Gasteiger partial charge is 0.379 e. The first-order valence-corrected chi connectivity index (χ1v) is 13.4. The number of morpholine rings is 1. The van der Waals surface area contributed by atoms with Crippen molar-refractivity contribution in [3.8, 4) is 0 Å². The molecule has 1 aliphatic rings. The van der Waals surface area contributed by atoms with Crippen molar-refractivity contribution >= 4 is 17.3 Å². The lowest BCUT2D eigenvalue weighted by Gasteiger charge is -2.29. The topological polar surface area (TPSA) is 40.6 Å².